The Bertz CT molecular complexity index is 307. The van der Waals surface area contributed by atoms with Crippen molar-refractivity contribution in [3.63, 3.8) is 0 Å². The first-order valence-corrected chi connectivity index (χ1v) is 9.02. The highest BCUT2D eigenvalue weighted by Crippen LogP contribution is 2.27. The lowest BCUT2D eigenvalue weighted by Crippen LogP contribution is -2.36. The highest BCUT2D eigenvalue weighted by atomic mass is 32.2. The number of nitrogens with one attached hydrogen (secondary N) is 1. The minimum Gasteiger partial charge on any atom is -0.409 e. The fraction of sp³-hybridized carbons (Fsp3) is 0.933. The number of hydrogen-bond acceptors (Lipinski definition) is 4. The van der Waals surface area contributed by atoms with Gasteiger partial charge in [-0.05, 0) is 44.9 Å². The molecule has 0 saturated heterocycles. The van der Waals surface area contributed by atoms with Crippen molar-refractivity contribution < 1.29 is 5.21 Å². The summed E-state index contributed by atoms with van der Waals surface area (Å²) < 4.78 is 0. The van der Waals surface area contributed by atoms with E-state index in [0.29, 0.717) is 11.9 Å². The third kappa shape index (κ3) is 5.92. The molecular weight excluding hydrogens is 270 g/mol. The fourth-order valence-electron chi connectivity index (χ4n) is 2.81. The van der Waals surface area contributed by atoms with Crippen LogP contribution in [0.3, 0.4) is 0 Å². The average Bonchev–Trinajstić information content (AvgIpc) is 2.46. The van der Waals surface area contributed by atoms with Gasteiger partial charge in [0.25, 0.3) is 0 Å². The van der Waals surface area contributed by atoms with E-state index in [2.05, 4.69) is 16.7 Å². The summed E-state index contributed by atoms with van der Waals surface area (Å²) in [7, 11) is 0. The molecule has 2 atom stereocenters. The van der Waals surface area contributed by atoms with Crippen LogP contribution in [0.5, 0.6) is 0 Å². The Balaban J connectivity index is 2.13. The van der Waals surface area contributed by atoms with Gasteiger partial charge in [-0.3, -0.25) is 0 Å². The van der Waals surface area contributed by atoms with Crippen LogP contribution in [0.25, 0.3) is 0 Å². The van der Waals surface area contributed by atoms with Crippen molar-refractivity contribution >= 4 is 17.6 Å². The summed E-state index contributed by atoms with van der Waals surface area (Å²) in [6.45, 7) is 5.14. The number of hydrogen-bond donors (Lipinski definition) is 3. The second kappa shape index (κ2) is 8.78. The second-order valence-electron chi connectivity index (χ2n) is 6.50. The van der Waals surface area contributed by atoms with Crippen LogP contribution in [-0.2, 0) is 0 Å². The van der Waals surface area contributed by atoms with Gasteiger partial charge in [-0.1, -0.05) is 31.8 Å². The largest absolute Gasteiger partial charge is 0.409 e. The monoisotopic (exact) mass is 301 g/mol. The zero-order valence-corrected chi connectivity index (χ0v) is 14.0. The summed E-state index contributed by atoms with van der Waals surface area (Å²) >= 11 is 2.01. The lowest BCUT2D eigenvalue weighted by molar-refractivity contribution is 0.303. The molecule has 0 radical (unpaired) electrons. The third-order valence-corrected chi connectivity index (χ3v) is 5.52. The van der Waals surface area contributed by atoms with E-state index in [9.17, 15) is 0 Å². The number of nitrogens with zero attached hydrogens (tertiary/aromatic N) is 1. The number of unbranched alkanes of at least 4 members (excludes halogenated alkanes) is 1. The smallest absolute Gasteiger partial charge is 0.144 e. The van der Waals surface area contributed by atoms with Gasteiger partial charge in [-0.2, -0.15) is 11.8 Å². The van der Waals surface area contributed by atoms with Crippen molar-refractivity contribution in [2.24, 2.45) is 16.3 Å². The molecular formula is C15H31N3OS. The van der Waals surface area contributed by atoms with Crippen LogP contribution in [-0.4, -0.2) is 35.1 Å². The molecule has 1 saturated carbocycles. The molecule has 1 aliphatic carbocycles. The van der Waals surface area contributed by atoms with Crippen LogP contribution >= 0.6 is 11.8 Å². The van der Waals surface area contributed by atoms with Crippen LogP contribution in [0.1, 0.15) is 58.8 Å². The average molecular weight is 302 g/mol. The van der Waals surface area contributed by atoms with Crippen LogP contribution in [0, 0.1) is 5.41 Å². The molecule has 1 rings (SSSR count). The molecule has 4 nitrogen and oxygen atoms in total. The predicted octanol–water partition coefficient (Wildman–Crippen LogP) is 3.19. The molecule has 1 aliphatic rings. The molecule has 0 amide bonds. The first kappa shape index (κ1) is 17.6. The van der Waals surface area contributed by atoms with Crippen LogP contribution in [0.2, 0.25) is 0 Å². The molecule has 0 spiro atoms. The first-order chi connectivity index (χ1) is 9.49. The number of thioether (sulfide) groups is 1. The molecule has 1 fully saturated rings. The van der Waals surface area contributed by atoms with Crippen molar-refractivity contribution in [3.05, 3.63) is 0 Å². The van der Waals surface area contributed by atoms with E-state index in [0.717, 1.165) is 31.1 Å². The Morgan fingerprint density at radius 3 is 2.80 bits per heavy atom. The third-order valence-electron chi connectivity index (χ3n) is 4.42. The van der Waals surface area contributed by atoms with E-state index in [1.54, 1.807) is 0 Å². The van der Waals surface area contributed by atoms with Gasteiger partial charge in [0.05, 0.1) is 0 Å². The van der Waals surface area contributed by atoms with E-state index >= 15 is 0 Å². The SMILES string of the molecule is CSC1CCCC(NCCCCC(C)(C)C(N)=NO)C1. The lowest BCUT2D eigenvalue weighted by Gasteiger charge is -2.29. The van der Waals surface area contributed by atoms with Crippen LogP contribution in [0.15, 0.2) is 5.16 Å². The molecule has 20 heavy (non-hydrogen) atoms. The Labute approximate surface area is 127 Å². The summed E-state index contributed by atoms with van der Waals surface area (Å²) in [6, 6.07) is 0.707. The zero-order valence-electron chi connectivity index (χ0n) is 13.2. The van der Waals surface area contributed by atoms with E-state index < -0.39 is 0 Å². The first-order valence-electron chi connectivity index (χ1n) is 7.74. The highest BCUT2D eigenvalue weighted by molar-refractivity contribution is 7.99. The molecule has 0 bridgehead atoms. The second-order valence-corrected chi connectivity index (χ2v) is 7.64. The topological polar surface area (TPSA) is 70.6 Å². The van der Waals surface area contributed by atoms with Gasteiger partial charge < -0.3 is 16.3 Å². The summed E-state index contributed by atoms with van der Waals surface area (Å²) in [4.78, 5) is 0. The van der Waals surface area contributed by atoms with E-state index in [1.807, 2.05) is 25.6 Å². The van der Waals surface area contributed by atoms with Crippen molar-refractivity contribution in [1.29, 1.82) is 0 Å². The van der Waals surface area contributed by atoms with E-state index in [4.69, 9.17) is 10.9 Å². The molecule has 2 unspecified atom stereocenters. The van der Waals surface area contributed by atoms with Gasteiger partial charge in [0, 0.05) is 16.7 Å². The molecule has 5 heteroatoms. The van der Waals surface area contributed by atoms with E-state index in [-0.39, 0.29) is 5.41 Å². The van der Waals surface area contributed by atoms with Gasteiger partial charge in [0.1, 0.15) is 5.84 Å². The zero-order chi connectivity index (χ0) is 15.0. The Morgan fingerprint density at radius 1 is 1.40 bits per heavy atom. The number of nitrogens with two attached hydrogens (primary N) is 1. The summed E-state index contributed by atoms with van der Waals surface area (Å²) in [5.74, 6) is 0.334. The molecule has 0 aromatic rings. The van der Waals surface area contributed by atoms with Crippen molar-refractivity contribution in [2.45, 2.75) is 70.1 Å². The minimum absolute atomic E-state index is 0.205. The van der Waals surface area contributed by atoms with Gasteiger partial charge in [0.15, 0.2) is 0 Å². The van der Waals surface area contributed by atoms with Crippen molar-refractivity contribution in [3.8, 4) is 0 Å². The maximum absolute atomic E-state index is 8.74. The normalized spacial score (nSPS) is 24.9. The van der Waals surface area contributed by atoms with Gasteiger partial charge >= 0.3 is 0 Å². The van der Waals surface area contributed by atoms with Gasteiger partial charge in [-0.15, -0.1) is 0 Å². The highest BCUT2D eigenvalue weighted by Gasteiger charge is 2.23. The minimum atomic E-state index is -0.205. The standard InChI is InChI=1S/C15H31N3OS/c1-15(2,14(16)18-19)9-4-5-10-17-12-7-6-8-13(11-12)20-3/h12-13,17,19H,4-11H2,1-3H3,(H2,16,18). The number of oxime groups is 1. The lowest BCUT2D eigenvalue weighted by atomic mass is 9.86. The Hall–Kier alpha value is -0.420. The van der Waals surface area contributed by atoms with Crippen LogP contribution in [0.4, 0.5) is 0 Å². The Morgan fingerprint density at radius 2 is 2.15 bits per heavy atom. The summed E-state index contributed by atoms with van der Waals surface area (Å²) in [5, 5.41) is 16.4. The van der Waals surface area contributed by atoms with Crippen LogP contribution < -0.4 is 11.1 Å². The molecule has 0 aromatic heterocycles. The molecule has 0 heterocycles. The quantitative estimate of drug-likeness (QED) is 0.212. The predicted molar refractivity (Wildman–Crippen MR) is 88.6 cm³/mol. The van der Waals surface area contributed by atoms with Gasteiger partial charge in [-0.25, -0.2) is 0 Å². The number of rotatable bonds is 8. The molecule has 0 aliphatic heterocycles. The summed E-state index contributed by atoms with van der Waals surface area (Å²) in [6.07, 6.45) is 10.8. The fourth-order valence-corrected chi connectivity index (χ4v) is 3.63. The van der Waals surface area contributed by atoms with Crippen molar-refractivity contribution in [2.75, 3.05) is 12.8 Å². The molecule has 0 aromatic carbocycles. The Kier molecular flexibility index (Phi) is 7.74. The molecule has 118 valence electrons. The maximum atomic E-state index is 8.74. The van der Waals surface area contributed by atoms with Gasteiger partial charge in [0.2, 0.25) is 0 Å². The summed E-state index contributed by atoms with van der Waals surface area (Å²) in [5.41, 5.74) is 5.49. The maximum Gasteiger partial charge on any atom is 0.144 e. The molecule has 4 N–H and O–H groups in total. The number of amidine groups is 1. The van der Waals surface area contributed by atoms with Crippen molar-refractivity contribution in [1.82, 2.24) is 5.32 Å². The van der Waals surface area contributed by atoms with E-state index in [1.165, 1.54) is 25.7 Å².